The number of anilines is 1. The largest absolute Gasteiger partial charge is 0.484 e. The van der Waals surface area contributed by atoms with Crippen LogP contribution in [0.3, 0.4) is 0 Å². The first-order chi connectivity index (χ1) is 10.2. The van der Waals surface area contributed by atoms with Crippen molar-refractivity contribution in [2.45, 2.75) is 19.9 Å². The van der Waals surface area contributed by atoms with E-state index in [2.05, 4.69) is 24.4 Å². The molecule has 2 aromatic rings. The van der Waals surface area contributed by atoms with Gasteiger partial charge < -0.3 is 15.8 Å². The van der Waals surface area contributed by atoms with Crippen molar-refractivity contribution in [3.05, 3.63) is 59.7 Å². The molecule has 0 spiro atoms. The number of carbonyl (C=O) groups excluding carboxylic acids is 1. The van der Waals surface area contributed by atoms with Gasteiger partial charge in [-0.25, -0.2) is 0 Å². The normalized spacial score (nSPS) is 10.1. The van der Waals surface area contributed by atoms with Crippen molar-refractivity contribution in [1.29, 1.82) is 0 Å². The van der Waals surface area contributed by atoms with E-state index in [-0.39, 0.29) is 12.5 Å². The maximum atomic E-state index is 11.7. The zero-order chi connectivity index (χ0) is 15.1. The van der Waals surface area contributed by atoms with E-state index >= 15 is 0 Å². The van der Waals surface area contributed by atoms with E-state index in [0.29, 0.717) is 18.0 Å². The second-order valence-corrected chi connectivity index (χ2v) is 4.80. The topological polar surface area (TPSA) is 64.3 Å². The number of benzene rings is 2. The number of amides is 1. The molecule has 0 atom stereocenters. The standard InChI is InChI=1S/C17H20N2O2/c1-2-13-3-5-14(6-4-13)11-19-17(20)12-21-16-9-7-15(18)8-10-16/h3-10H,2,11-12,18H2,1H3,(H,19,20). The molecule has 4 nitrogen and oxygen atoms in total. The molecule has 110 valence electrons. The summed E-state index contributed by atoms with van der Waals surface area (Å²) >= 11 is 0. The van der Waals surface area contributed by atoms with Gasteiger partial charge in [-0.05, 0) is 41.8 Å². The second kappa shape index (κ2) is 7.33. The van der Waals surface area contributed by atoms with Crippen molar-refractivity contribution in [3.63, 3.8) is 0 Å². The van der Waals surface area contributed by atoms with Gasteiger partial charge in [0.2, 0.25) is 0 Å². The smallest absolute Gasteiger partial charge is 0.258 e. The van der Waals surface area contributed by atoms with Crippen LogP contribution in [0.4, 0.5) is 5.69 Å². The number of rotatable bonds is 6. The third-order valence-corrected chi connectivity index (χ3v) is 3.17. The number of ether oxygens (including phenoxy) is 1. The predicted octanol–water partition coefficient (Wildman–Crippen LogP) is 2.53. The van der Waals surface area contributed by atoms with Gasteiger partial charge in [-0.3, -0.25) is 4.79 Å². The maximum Gasteiger partial charge on any atom is 0.258 e. The molecule has 21 heavy (non-hydrogen) atoms. The van der Waals surface area contributed by atoms with E-state index in [0.717, 1.165) is 12.0 Å². The minimum absolute atomic E-state index is 0.00301. The monoisotopic (exact) mass is 284 g/mol. The van der Waals surface area contributed by atoms with E-state index < -0.39 is 0 Å². The van der Waals surface area contributed by atoms with Gasteiger partial charge in [0.05, 0.1) is 0 Å². The average Bonchev–Trinajstić information content (AvgIpc) is 2.53. The molecule has 0 saturated carbocycles. The highest BCUT2D eigenvalue weighted by Gasteiger charge is 2.03. The van der Waals surface area contributed by atoms with Crippen LogP contribution in [0.15, 0.2) is 48.5 Å². The van der Waals surface area contributed by atoms with Crippen molar-refractivity contribution in [1.82, 2.24) is 5.32 Å². The van der Waals surface area contributed by atoms with Crippen molar-refractivity contribution < 1.29 is 9.53 Å². The molecular weight excluding hydrogens is 264 g/mol. The van der Waals surface area contributed by atoms with E-state index in [1.165, 1.54) is 5.56 Å². The number of carbonyl (C=O) groups is 1. The fourth-order valence-corrected chi connectivity index (χ4v) is 1.86. The summed E-state index contributed by atoms with van der Waals surface area (Å²) in [7, 11) is 0. The van der Waals surface area contributed by atoms with Crippen LogP contribution in [-0.4, -0.2) is 12.5 Å². The molecule has 0 aliphatic rings. The molecule has 0 aliphatic heterocycles. The number of nitrogens with two attached hydrogens (primary N) is 1. The second-order valence-electron chi connectivity index (χ2n) is 4.80. The Balaban J connectivity index is 1.75. The van der Waals surface area contributed by atoms with Gasteiger partial charge >= 0.3 is 0 Å². The van der Waals surface area contributed by atoms with Crippen LogP contribution in [0, 0.1) is 0 Å². The lowest BCUT2D eigenvalue weighted by atomic mass is 10.1. The Morgan fingerprint density at radius 3 is 2.29 bits per heavy atom. The molecule has 0 aliphatic carbocycles. The lowest BCUT2D eigenvalue weighted by molar-refractivity contribution is -0.123. The molecule has 0 heterocycles. The number of nitrogens with one attached hydrogen (secondary N) is 1. The first-order valence-electron chi connectivity index (χ1n) is 7.00. The minimum atomic E-state index is -0.147. The van der Waals surface area contributed by atoms with E-state index in [1.807, 2.05) is 12.1 Å². The Bertz CT molecular complexity index is 577. The Morgan fingerprint density at radius 1 is 1.05 bits per heavy atom. The first kappa shape index (κ1) is 14.9. The van der Waals surface area contributed by atoms with E-state index in [9.17, 15) is 4.79 Å². The summed E-state index contributed by atoms with van der Waals surface area (Å²) in [5.74, 6) is 0.484. The Morgan fingerprint density at radius 2 is 1.67 bits per heavy atom. The molecule has 4 heteroatoms. The quantitative estimate of drug-likeness (QED) is 0.801. The number of hydrogen-bond acceptors (Lipinski definition) is 3. The summed E-state index contributed by atoms with van der Waals surface area (Å²) in [4.78, 5) is 11.7. The molecule has 0 radical (unpaired) electrons. The van der Waals surface area contributed by atoms with Gasteiger partial charge in [-0.15, -0.1) is 0 Å². The van der Waals surface area contributed by atoms with Crippen LogP contribution in [0.1, 0.15) is 18.1 Å². The minimum Gasteiger partial charge on any atom is -0.484 e. The van der Waals surface area contributed by atoms with Crippen molar-refractivity contribution in [2.24, 2.45) is 0 Å². The highest BCUT2D eigenvalue weighted by atomic mass is 16.5. The number of aryl methyl sites for hydroxylation is 1. The fraction of sp³-hybridized carbons (Fsp3) is 0.235. The summed E-state index contributed by atoms with van der Waals surface area (Å²) in [5.41, 5.74) is 8.61. The zero-order valence-electron chi connectivity index (χ0n) is 12.1. The third kappa shape index (κ3) is 4.84. The van der Waals surface area contributed by atoms with E-state index in [4.69, 9.17) is 10.5 Å². The van der Waals surface area contributed by atoms with Gasteiger partial charge in [0.25, 0.3) is 5.91 Å². The molecule has 0 bridgehead atoms. The SMILES string of the molecule is CCc1ccc(CNC(=O)COc2ccc(N)cc2)cc1. The lowest BCUT2D eigenvalue weighted by Crippen LogP contribution is -2.28. The molecule has 2 rings (SSSR count). The Kier molecular flexibility index (Phi) is 5.21. The zero-order valence-corrected chi connectivity index (χ0v) is 12.1. The molecule has 1 amide bonds. The highest BCUT2D eigenvalue weighted by molar-refractivity contribution is 5.77. The first-order valence-corrected chi connectivity index (χ1v) is 7.00. The highest BCUT2D eigenvalue weighted by Crippen LogP contribution is 2.12. The van der Waals surface area contributed by atoms with Crippen molar-refractivity contribution in [2.75, 3.05) is 12.3 Å². The summed E-state index contributed by atoms with van der Waals surface area (Å²) in [6.07, 6.45) is 1.02. The Labute approximate surface area is 124 Å². The molecular formula is C17H20N2O2. The molecule has 0 unspecified atom stereocenters. The summed E-state index contributed by atoms with van der Waals surface area (Å²) < 4.78 is 5.38. The van der Waals surface area contributed by atoms with E-state index in [1.54, 1.807) is 24.3 Å². The maximum absolute atomic E-state index is 11.7. The van der Waals surface area contributed by atoms with Crippen LogP contribution < -0.4 is 15.8 Å². The average molecular weight is 284 g/mol. The molecule has 0 fully saturated rings. The van der Waals surface area contributed by atoms with Gasteiger partial charge in [0, 0.05) is 12.2 Å². The molecule has 2 aromatic carbocycles. The van der Waals surface area contributed by atoms with Crippen LogP contribution >= 0.6 is 0 Å². The Hall–Kier alpha value is -2.49. The lowest BCUT2D eigenvalue weighted by Gasteiger charge is -2.08. The molecule has 0 aromatic heterocycles. The predicted molar refractivity (Wildman–Crippen MR) is 84.0 cm³/mol. The number of nitrogen functional groups attached to an aromatic ring is 1. The van der Waals surface area contributed by atoms with Crippen LogP contribution in [0.25, 0.3) is 0 Å². The van der Waals surface area contributed by atoms with Gasteiger partial charge in [0.1, 0.15) is 5.75 Å². The van der Waals surface area contributed by atoms with Gasteiger partial charge in [-0.1, -0.05) is 31.2 Å². The van der Waals surface area contributed by atoms with Crippen LogP contribution in [0.5, 0.6) is 5.75 Å². The van der Waals surface area contributed by atoms with Gasteiger partial charge in [0.15, 0.2) is 6.61 Å². The number of hydrogen-bond donors (Lipinski definition) is 2. The van der Waals surface area contributed by atoms with Crippen molar-refractivity contribution >= 4 is 11.6 Å². The summed E-state index contributed by atoms with van der Waals surface area (Å²) in [6.45, 7) is 2.62. The summed E-state index contributed by atoms with van der Waals surface area (Å²) in [5, 5.41) is 2.83. The third-order valence-electron chi connectivity index (χ3n) is 3.17. The fourth-order valence-electron chi connectivity index (χ4n) is 1.86. The van der Waals surface area contributed by atoms with Crippen molar-refractivity contribution in [3.8, 4) is 5.75 Å². The molecule has 3 N–H and O–H groups in total. The molecule has 0 saturated heterocycles. The van der Waals surface area contributed by atoms with Crippen LogP contribution in [-0.2, 0) is 17.8 Å². The van der Waals surface area contributed by atoms with Gasteiger partial charge in [-0.2, -0.15) is 0 Å². The summed E-state index contributed by atoms with van der Waals surface area (Å²) in [6, 6.07) is 15.2. The van der Waals surface area contributed by atoms with Crippen LogP contribution in [0.2, 0.25) is 0 Å².